The van der Waals surface area contributed by atoms with E-state index >= 15 is 0 Å². The summed E-state index contributed by atoms with van der Waals surface area (Å²) >= 11 is 3.08. The molecule has 23 heavy (non-hydrogen) atoms. The second kappa shape index (κ2) is 6.35. The van der Waals surface area contributed by atoms with Crippen molar-refractivity contribution >= 4 is 15.9 Å². The number of aliphatic hydroxyl groups excluding tert-OH is 1. The van der Waals surface area contributed by atoms with E-state index in [9.17, 15) is 18.3 Å². The molecule has 2 atom stereocenters. The lowest BCUT2D eigenvalue weighted by Gasteiger charge is -2.37. The van der Waals surface area contributed by atoms with Gasteiger partial charge in [0, 0.05) is 10.5 Å². The number of hydrogen-bond acceptors (Lipinski definition) is 3. The molecule has 3 nitrogen and oxygen atoms in total. The van der Waals surface area contributed by atoms with Gasteiger partial charge in [-0.2, -0.15) is 13.2 Å². The van der Waals surface area contributed by atoms with Gasteiger partial charge < -0.3 is 15.2 Å². The maximum Gasteiger partial charge on any atom is 0.416 e. The van der Waals surface area contributed by atoms with Gasteiger partial charge >= 0.3 is 6.18 Å². The average Bonchev–Trinajstić information content (AvgIpc) is 2.88. The standard InChI is InChI=1S/C16H19BrF3NO2/c17-10-2-3-12(13(6-10)16(18,19)20)14(8-22)21-11-7-15(23-9-11)4-1-5-15/h2-3,6,11,14,21-22H,1,4-5,7-9H2. The van der Waals surface area contributed by atoms with Gasteiger partial charge in [0.15, 0.2) is 0 Å². The molecule has 0 amide bonds. The first-order valence-electron chi connectivity index (χ1n) is 7.70. The lowest BCUT2D eigenvalue weighted by atomic mass is 9.77. The van der Waals surface area contributed by atoms with Crippen LogP contribution in [0, 0.1) is 0 Å². The first kappa shape index (κ1) is 17.2. The molecule has 1 saturated heterocycles. The predicted octanol–water partition coefficient (Wildman–Crippen LogP) is 3.80. The molecule has 1 aliphatic heterocycles. The zero-order valence-corrected chi connectivity index (χ0v) is 14.1. The third-order valence-corrected chi connectivity index (χ3v) is 5.28. The first-order valence-corrected chi connectivity index (χ1v) is 8.50. The number of aliphatic hydroxyl groups is 1. The molecule has 128 valence electrons. The molecule has 7 heteroatoms. The van der Waals surface area contributed by atoms with Gasteiger partial charge in [0.1, 0.15) is 0 Å². The van der Waals surface area contributed by atoms with E-state index in [1.54, 1.807) is 6.07 Å². The Labute approximate surface area is 141 Å². The Balaban J connectivity index is 1.78. The third kappa shape index (κ3) is 3.57. The van der Waals surface area contributed by atoms with Crippen molar-refractivity contribution in [2.24, 2.45) is 0 Å². The zero-order chi connectivity index (χ0) is 16.7. The molecule has 1 aliphatic carbocycles. The highest BCUT2D eigenvalue weighted by Gasteiger charge is 2.45. The Hall–Kier alpha value is -0.630. The molecule has 0 aromatic heterocycles. The van der Waals surface area contributed by atoms with Crippen LogP contribution in [0.25, 0.3) is 0 Å². The Morgan fingerprint density at radius 3 is 2.65 bits per heavy atom. The van der Waals surface area contributed by atoms with Crippen molar-refractivity contribution in [1.29, 1.82) is 0 Å². The molecule has 0 radical (unpaired) electrons. The van der Waals surface area contributed by atoms with E-state index < -0.39 is 24.4 Å². The fraction of sp³-hybridized carbons (Fsp3) is 0.625. The highest BCUT2D eigenvalue weighted by molar-refractivity contribution is 9.10. The molecule has 2 fully saturated rings. The Kier molecular flexibility index (Phi) is 4.75. The van der Waals surface area contributed by atoms with Gasteiger partial charge in [0.25, 0.3) is 0 Å². The first-order chi connectivity index (χ1) is 10.8. The van der Waals surface area contributed by atoms with Crippen molar-refractivity contribution in [3.8, 4) is 0 Å². The van der Waals surface area contributed by atoms with Gasteiger partial charge in [-0.05, 0) is 43.4 Å². The second-order valence-corrected chi connectivity index (χ2v) is 7.30. The van der Waals surface area contributed by atoms with Crippen molar-refractivity contribution in [2.75, 3.05) is 13.2 Å². The van der Waals surface area contributed by atoms with Crippen LogP contribution in [0.4, 0.5) is 13.2 Å². The largest absolute Gasteiger partial charge is 0.416 e. The summed E-state index contributed by atoms with van der Waals surface area (Å²) < 4.78 is 46.0. The van der Waals surface area contributed by atoms with Crippen LogP contribution < -0.4 is 5.32 Å². The molecule has 1 spiro atoms. The van der Waals surface area contributed by atoms with Crippen molar-refractivity contribution in [1.82, 2.24) is 5.32 Å². The van der Waals surface area contributed by atoms with Crippen LogP contribution in [0.3, 0.4) is 0 Å². The Bertz CT molecular complexity index is 575. The number of rotatable bonds is 4. The summed E-state index contributed by atoms with van der Waals surface area (Å²) in [7, 11) is 0. The van der Waals surface area contributed by atoms with Gasteiger partial charge in [-0.25, -0.2) is 0 Å². The third-order valence-electron chi connectivity index (χ3n) is 4.79. The van der Waals surface area contributed by atoms with E-state index in [1.165, 1.54) is 6.07 Å². The maximum atomic E-state index is 13.3. The van der Waals surface area contributed by atoms with Gasteiger partial charge in [-0.15, -0.1) is 0 Å². The van der Waals surface area contributed by atoms with E-state index in [0.717, 1.165) is 31.7 Å². The number of halogens is 4. The predicted molar refractivity (Wildman–Crippen MR) is 83.0 cm³/mol. The van der Waals surface area contributed by atoms with Gasteiger partial charge in [-0.3, -0.25) is 0 Å². The van der Waals surface area contributed by atoms with E-state index in [-0.39, 0.29) is 17.2 Å². The molecule has 1 heterocycles. The molecule has 2 aliphatic rings. The number of benzene rings is 1. The van der Waals surface area contributed by atoms with Crippen LogP contribution in [0.1, 0.15) is 42.9 Å². The van der Waals surface area contributed by atoms with Crippen LogP contribution in [-0.2, 0) is 10.9 Å². The highest BCUT2D eigenvalue weighted by Crippen LogP contribution is 2.44. The lowest BCUT2D eigenvalue weighted by molar-refractivity contribution is -0.138. The SMILES string of the molecule is OCC(NC1COC2(CCC2)C1)c1ccc(Br)cc1C(F)(F)F. The molecule has 2 unspecified atom stereocenters. The minimum atomic E-state index is -4.46. The monoisotopic (exact) mass is 393 g/mol. The summed E-state index contributed by atoms with van der Waals surface area (Å²) in [6, 6.07) is 3.24. The average molecular weight is 394 g/mol. The van der Waals surface area contributed by atoms with Crippen LogP contribution in [0.2, 0.25) is 0 Å². The molecule has 1 aromatic carbocycles. The van der Waals surface area contributed by atoms with Crippen molar-refractivity contribution in [3.63, 3.8) is 0 Å². The molecular formula is C16H19BrF3NO2. The maximum absolute atomic E-state index is 13.3. The highest BCUT2D eigenvalue weighted by atomic mass is 79.9. The number of ether oxygens (including phenoxy) is 1. The Morgan fingerprint density at radius 2 is 2.13 bits per heavy atom. The number of alkyl halides is 3. The van der Waals surface area contributed by atoms with Crippen LogP contribution in [-0.4, -0.2) is 30.0 Å². The summed E-state index contributed by atoms with van der Waals surface area (Å²) in [6.07, 6.45) is -0.500. The summed E-state index contributed by atoms with van der Waals surface area (Å²) in [5.74, 6) is 0. The summed E-state index contributed by atoms with van der Waals surface area (Å²) in [4.78, 5) is 0. The minimum absolute atomic E-state index is 0.0304. The fourth-order valence-corrected chi connectivity index (χ4v) is 3.84. The minimum Gasteiger partial charge on any atom is -0.394 e. The molecule has 1 saturated carbocycles. The zero-order valence-electron chi connectivity index (χ0n) is 12.5. The normalized spacial score (nSPS) is 24.7. The molecule has 0 bridgehead atoms. The van der Waals surface area contributed by atoms with Crippen LogP contribution in [0.5, 0.6) is 0 Å². The van der Waals surface area contributed by atoms with E-state index in [1.807, 2.05) is 0 Å². The quantitative estimate of drug-likeness (QED) is 0.817. The molecule has 2 N–H and O–H groups in total. The summed E-state index contributed by atoms with van der Waals surface area (Å²) in [5.41, 5.74) is -0.738. The van der Waals surface area contributed by atoms with Crippen molar-refractivity contribution in [3.05, 3.63) is 33.8 Å². The van der Waals surface area contributed by atoms with E-state index in [4.69, 9.17) is 4.74 Å². The van der Waals surface area contributed by atoms with Crippen LogP contribution >= 0.6 is 15.9 Å². The van der Waals surface area contributed by atoms with E-state index in [0.29, 0.717) is 11.1 Å². The Morgan fingerprint density at radius 1 is 1.39 bits per heavy atom. The van der Waals surface area contributed by atoms with E-state index in [2.05, 4.69) is 21.2 Å². The summed E-state index contributed by atoms with van der Waals surface area (Å²) in [6.45, 7) is 0.0859. The van der Waals surface area contributed by atoms with Crippen LogP contribution in [0.15, 0.2) is 22.7 Å². The van der Waals surface area contributed by atoms with Gasteiger partial charge in [0.2, 0.25) is 0 Å². The molecule has 1 aromatic rings. The number of nitrogens with one attached hydrogen (secondary N) is 1. The smallest absolute Gasteiger partial charge is 0.394 e. The van der Waals surface area contributed by atoms with Crippen molar-refractivity contribution in [2.45, 2.75) is 49.5 Å². The van der Waals surface area contributed by atoms with Gasteiger partial charge in [0.05, 0.1) is 30.4 Å². The molecular weight excluding hydrogens is 375 g/mol. The summed E-state index contributed by atoms with van der Waals surface area (Å²) in [5, 5.41) is 12.8. The second-order valence-electron chi connectivity index (χ2n) is 6.38. The fourth-order valence-electron chi connectivity index (χ4n) is 3.47. The lowest BCUT2D eigenvalue weighted by Crippen LogP contribution is -2.40. The molecule has 3 rings (SSSR count). The topological polar surface area (TPSA) is 41.5 Å². The van der Waals surface area contributed by atoms with Gasteiger partial charge in [-0.1, -0.05) is 22.0 Å². The number of hydrogen-bond donors (Lipinski definition) is 2. The van der Waals surface area contributed by atoms with Crippen molar-refractivity contribution < 1.29 is 23.0 Å².